The normalized spacial score (nSPS) is 11.6. The molecule has 0 aliphatic rings. The van der Waals surface area contributed by atoms with E-state index in [4.69, 9.17) is 6.11 Å². The van der Waals surface area contributed by atoms with Crippen LogP contribution in [0.2, 0.25) is 0 Å². The van der Waals surface area contributed by atoms with Gasteiger partial charge >= 0.3 is 0 Å². The summed E-state index contributed by atoms with van der Waals surface area (Å²) in [4.78, 5) is 0. The fraction of sp³-hybridized carbons (Fsp3) is 0.125. The summed E-state index contributed by atoms with van der Waals surface area (Å²) < 4.78 is 12.9. The molecule has 0 aliphatic carbocycles. The zero-order chi connectivity index (χ0) is 12.6. The molecule has 0 N–H and O–H groups in total. The lowest BCUT2D eigenvalue weighted by Gasteiger charge is -2.00. The molecule has 0 atom stereocenters. The fourth-order valence-corrected chi connectivity index (χ4v) is 1.51. The largest absolute Gasteiger partial charge is 0.373 e. The van der Waals surface area contributed by atoms with Crippen molar-refractivity contribution in [2.75, 3.05) is 6.61 Å². The monoisotopic (exact) mass is 225 g/mol. The Morgan fingerprint density at radius 2 is 1.76 bits per heavy atom. The Morgan fingerprint density at radius 1 is 1.00 bits per heavy atom. The van der Waals surface area contributed by atoms with Crippen LogP contribution >= 0.6 is 0 Å². The molecule has 2 rings (SSSR count). The van der Waals surface area contributed by atoms with E-state index in [-0.39, 0.29) is 0 Å². The van der Waals surface area contributed by atoms with E-state index in [1.165, 1.54) is 5.56 Å². The van der Waals surface area contributed by atoms with Crippen molar-refractivity contribution in [3.05, 3.63) is 77.8 Å². The van der Waals surface area contributed by atoms with E-state index in [1.807, 2.05) is 42.5 Å². The number of ether oxygens (including phenoxy) is 1. The second-order valence-corrected chi connectivity index (χ2v) is 3.74. The molecule has 0 spiro atoms. The van der Waals surface area contributed by atoms with Gasteiger partial charge in [-0.15, -0.1) is 0 Å². The molecule has 0 unspecified atom stereocenters. The van der Waals surface area contributed by atoms with E-state index in [1.54, 1.807) is 12.1 Å². The molecule has 17 heavy (non-hydrogen) atoms. The Labute approximate surface area is 104 Å². The minimum Gasteiger partial charge on any atom is -0.373 e. The van der Waals surface area contributed by atoms with Crippen LogP contribution in [0.3, 0.4) is 0 Å². The van der Waals surface area contributed by atoms with E-state index >= 15 is 0 Å². The summed E-state index contributed by atoms with van der Waals surface area (Å²) >= 11 is 0. The van der Waals surface area contributed by atoms with Gasteiger partial charge in [-0.3, -0.25) is 0 Å². The van der Waals surface area contributed by atoms with Gasteiger partial charge in [0.15, 0.2) is 0 Å². The standard InChI is InChI=1S/C16H16O/c1-3-8-15(9-4-1)12-7-13-17-14-16-10-5-2-6-11-16/h1-12H,13-14H2/i2D. The zero-order valence-corrected chi connectivity index (χ0v) is 9.67. The molecule has 0 saturated carbocycles. The van der Waals surface area contributed by atoms with E-state index in [9.17, 15) is 0 Å². The molecule has 0 amide bonds. The molecule has 0 heterocycles. The van der Waals surface area contributed by atoms with Crippen LogP contribution in [0.4, 0.5) is 0 Å². The van der Waals surface area contributed by atoms with E-state index in [2.05, 4.69) is 12.1 Å². The van der Waals surface area contributed by atoms with E-state index in [0.29, 0.717) is 19.3 Å². The van der Waals surface area contributed by atoms with Crippen LogP contribution in [0.5, 0.6) is 0 Å². The summed E-state index contributed by atoms with van der Waals surface area (Å²) in [6.07, 6.45) is 4.06. The molecular formula is C16H16O. The third-order valence-corrected chi connectivity index (χ3v) is 2.38. The van der Waals surface area contributed by atoms with Crippen molar-refractivity contribution >= 4 is 6.08 Å². The molecule has 0 bridgehead atoms. The number of hydrogen-bond acceptors (Lipinski definition) is 1. The molecular weight excluding hydrogens is 208 g/mol. The van der Waals surface area contributed by atoms with Crippen LogP contribution in [0, 0.1) is 0 Å². The summed E-state index contributed by atoms with van der Waals surface area (Å²) in [5.41, 5.74) is 2.28. The second kappa shape index (κ2) is 6.66. The van der Waals surface area contributed by atoms with Gasteiger partial charge in [-0.2, -0.15) is 0 Å². The lowest BCUT2D eigenvalue weighted by Crippen LogP contribution is -1.91. The lowest BCUT2D eigenvalue weighted by atomic mass is 10.2. The number of rotatable bonds is 5. The third kappa shape index (κ3) is 4.25. The van der Waals surface area contributed by atoms with Gasteiger partial charge in [-0.05, 0) is 11.1 Å². The van der Waals surface area contributed by atoms with Crippen LogP contribution in [0.25, 0.3) is 6.08 Å². The Bertz CT molecular complexity index is 488. The predicted molar refractivity (Wildman–Crippen MR) is 71.6 cm³/mol. The first kappa shape index (κ1) is 10.3. The van der Waals surface area contributed by atoms with Crippen LogP contribution in [-0.2, 0) is 11.3 Å². The maximum atomic E-state index is 7.38. The van der Waals surface area contributed by atoms with Crippen LogP contribution in [0.1, 0.15) is 12.5 Å². The molecule has 0 aliphatic heterocycles. The average molecular weight is 225 g/mol. The highest BCUT2D eigenvalue weighted by Crippen LogP contribution is 2.02. The highest BCUT2D eigenvalue weighted by molar-refractivity contribution is 5.48. The molecule has 1 heteroatoms. The number of hydrogen-bond donors (Lipinski definition) is 0. The topological polar surface area (TPSA) is 9.23 Å². The predicted octanol–water partition coefficient (Wildman–Crippen LogP) is 3.92. The van der Waals surface area contributed by atoms with Crippen molar-refractivity contribution in [3.63, 3.8) is 0 Å². The lowest BCUT2D eigenvalue weighted by molar-refractivity contribution is 0.149. The molecule has 0 saturated heterocycles. The Hall–Kier alpha value is -1.86. The minimum absolute atomic E-state index is 0.530. The van der Waals surface area contributed by atoms with Gasteiger partial charge in [0.05, 0.1) is 14.6 Å². The Kier molecular flexibility index (Phi) is 4.04. The third-order valence-electron chi connectivity index (χ3n) is 2.38. The molecule has 0 radical (unpaired) electrons. The maximum Gasteiger partial charge on any atom is 0.0721 e. The molecule has 86 valence electrons. The Morgan fingerprint density at radius 3 is 2.53 bits per heavy atom. The van der Waals surface area contributed by atoms with Crippen molar-refractivity contribution in [2.45, 2.75) is 6.61 Å². The summed E-state index contributed by atoms with van der Waals surface area (Å²) in [5, 5.41) is 0. The fourth-order valence-electron chi connectivity index (χ4n) is 1.51. The zero-order valence-electron chi connectivity index (χ0n) is 10.7. The van der Waals surface area contributed by atoms with Gasteiger partial charge in [0.25, 0.3) is 0 Å². The van der Waals surface area contributed by atoms with Crippen molar-refractivity contribution in [3.8, 4) is 0 Å². The van der Waals surface area contributed by atoms with Crippen LogP contribution in [0.15, 0.2) is 66.7 Å². The first-order chi connectivity index (χ1) is 8.84. The van der Waals surface area contributed by atoms with Crippen molar-refractivity contribution < 1.29 is 6.11 Å². The smallest absolute Gasteiger partial charge is 0.0721 e. The molecule has 0 fully saturated rings. The van der Waals surface area contributed by atoms with E-state index < -0.39 is 0 Å². The average Bonchev–Trinajstić information content (AvgIpc) is 2.42. The summed E-state index contributed by atoms with van der Waals surface area (Å²) in [6.45, 7) is 1.18. The molecule has 2 aromatic carbocycles. The quantitative estimate of drug-likeness (QED) is 0.701. The van der Waals surface area contributed by atoms with Gasteiger partial charge in [-0.1, -0.05) is 72.8 Å². The van der Waals surface area contributed by atoms with Crippen LogP contribution in [-0.4, -0.2) is 6.61 Å². The SMILES string of the molecule is [2H]c1ccc(COCC=Cc2ccccc2)cc1. The summed E-state index contributed by atoms with van der Waals surface area (Å²) in [7, 11) is 0. The first-order valence-electron chi connectivity index (χ1n) is 6.19. The second-order valence-electron chi connectivity index (χ2n) is 3.74. The first-order valence-corrected chi connectivity index (χ1v) is 5.69. The van der Waals surface area contributed by atoms with Gasteiger partial charge in [0.1, 0.15) is 0 Å². The number of benzene rings is 2. The van der Waals surface area contributed by atoms with Gasteiger partial charge in [-0.25, -0.2) is 0 Å². The minimum atomic E-state index is 0.530. The molecule has 0 aromatic heterocycles. The van der Waals surface area contributed by atoms with Crippen molar-refractivity contribution in [1.29, 1.82) is 0 Å². The van der Waals surface area contributed by atoms with E-state index in [0.717, 1.165) is 5.56 Å². The molecule has 2 aromatic rings. The Balaban J connectivity index is 1.73. The van der Waals surface area contributed by atoms with Crippen molar-refractivity contribution in [2.24, 2.45) is 0 Å². The summed E-state index contributed by atoms with van der Waals surface area (Å²) in [6, 6.07) is 18.1. The molecule has 1 nitrogen and oxygen atoms in total. The summed E-state index contributed by atoms with van der Waals surface area (Å²) in [5.74, 6) is 0. The van der Waals surface area contributed by atoms with Gasteiger partial charge in [0.2, 0.25) is 0 Å². The maximum absolute atomic E-state index is 7.38. The van der Waals surface area contributed by atoms with Gasteiger partial charge in [0, 0.05) is 0 Å². The highest BCUT2D eigenvalue weighted by atomic mass is 16.5. The van der Waals surface area contributed by atoms with Crippen LogP contribution < -0.4 is 0 Å². The highest BCUT2D eigenvalue weighted by Gasteiger charge is 1.89. The van der Waals surface area contributed by atoms with Gasteiger partial charge < -0.3 is 4.74 Å². The van der Waals surface area contributed by atoms with Crippen molar-refractivity contribution in [1.82, 2.24) is 0 Å².